The van der Waals surface area contributed by atoms with E-state index in [4.69, 9.17) is 5.11 Å². The molecule has 1 aliphatic heterocycles. The first-order valence-corrected chi connectivity index (χ1v) is 6.10. The lowest BCUT2D eigenvalue weighted by atomic mass is 10.3. The zero-order valence-electron chi connectivity index (χ0n) is 9.98. The lowest BCUT2D eigenvalue weighted by molar-refractivity contribution is -0.138. The Balaban J connectivity index is 1.70. The Kier molecular flexibility index (Phi) is 3.51. The normalized spacial score (nSPS) is 26.5. The number of aliphatic carboxylic acids is 1. The summed E-state index contributed by atoms with van der Waals surface area (Å²) in [7, 11) is 0. The zero-order chi connectivity index (χ0) is 12.4. The maximum absolute atomic E-state index is 11.5. The number of rotatable bonds is 4. The van der Waals surface area contributed by atoms with E-state index in [9.17, 15) is 9.59 Å². The van der Waals surface area contributed by atoms with Crippen molar-refractivity contribution in [3.8, 4) is 0 Å². The minimum absolute atomic E-state index is 0.150. The Labute approximate surface area is 100 Å². The third kappa shape index (κ3) is 3.33. The van der Waals surface area contributed by atoms with Crippen LogP contribution in [0.25, 0.3) is 0 Å². The first-order chi connectivity index (χ1) is 8.06. The van der Waals surface area contributed by atoms with Crippen LogP contribution >= 0.6 is 0 Å². The van der Waals surface area contributed by atoms with E-state index in [0.29, 0.717) is 0 Å². The molecule has 1 saturated carbocycles. The van der Waals surface area contributed by atoms with Crippen LogP contribution in [0.4, 0.5) is 4.79 Å². The summed E-state index contributed by atoms with van der Waals surface area (Å²) in [6.07, 6.45) is 3.50. The third-order valence-corrected chi connectivity index (χ3v) is 3.34. The molecule has 1 heterocycles. The number of nitrogens with one attached hydrogen (secondary N) is 2. The molecule has 6 heteroatoms. The molecule has 6 nitrogen and oxygen atoms in total. The molecule has 0 aromatic carbocycles. The smallest absolute Gasteiger partial charge is 0.325 e. The van der Waals surface area contributed by atoms with Gasteiger partial charge in [-0.3, -0.25) is 9.69 Å². The number of hydrogen-bond acceptors (Lipinski definition) is 3. The van der Waals surface area contributed by atoms with E-state index in [1.54, 1.807) is 0 Å². The van der Waals surface area contributed by atoms with Crippen LogP contribution in [0.5, 0.6) is 0 Å². The number of carboxylic acid groups (broad SMARTS) is 1. The van der Waals surface area contributed by atoms with Crippen LogP contribution in [0.1, 0.15) is 26.2 Å². The molecule has 0 aromatic rings. The van der Waals surface area contributed by atoms with Gasteiger partial charge in [-0.05, 0) is 26.2 Å². The van der Waals surface area contributed by atoms with E-state index < -0.39 is 12.0 Å². The van der Waals surface area contributed by atoms with Crippen LogP contribution < -0.4 is 10.6 Å². The molecule has 2 atom stereocenters. The summed E-state index contributed by atoms with van der Waals surface area (Å²) in [5.74, 6) is -1.02. The molecule has 2 fully saturated rings. The van der Waals surface area contributed by atoms with Gasteiger partial charge in [0.25, 0.3) is 0 Å². The average Bonchev–Trinajstić information content (AvgIpc) is 3.00. The lowest BCUT2D eigenvalue weighted by Gasteiger charge is -2.17. The molecule has 0 radical (unpaired) electrons. The van der Waals surface area contributed by atoms with Crippen molar-refractivity contribution in [1.29, 1.82) is 0 Å². The van der Waals surface area contributed by atoms with Gasteiger partial charge in [-0.25, -0.2) is 4.79 Å². The molecule has 96 valence electrons. The van der Waals surface area contributed by atoms with Crippen molar-refractivity contribution in [2.24, 2.45) is 0 Å². The number of carbonyl (C=O) groups excluding carboxylic acids is 1. The summed E-state index contributed by atoms with van der Waals surface area (Å²) in [5.41, 5.74) is 0. The maximum Gasteiger partial charge on any atom is 0.325 e. The van der Waals surface area contributed by atoms with E-state index in [0.717, 1.165) is 25.6 Å². The fourth-order valence-corrected chi connectivity index (χ4v) is 2.16. The van der Waals surface area contributed by atoms with E-state index in [1.807, 2.05) is 0 Å². The molecular formula is C11H19N3O3. The van der Waals surface area contributed by atoms with Gasteiger partial charge >= 0.3 is 12.0 Å². The predicted octanol–water partition coefficient (Wildman–Crippen LogP) is -0.00460. The SMILES string of the molecule is CC(NC(=O)NC1CCN(C2CC2)C1)C(=O)O. The molecule has 2 amide bonds. The maximum atomic E-state index is 11.5. The highest BCUT2D eigenvalue weighted by Gasteiger charge is 2.34. The van der Waals surface area contributed by atoms with Crippen molar-refractivity contribution >= 4 is 12.0 Å². The topological polar surface area (TPSA) is 81.7 Å². The summed E-state index contributed by atoms with van der Waals surface area (Å²) in [4.78, 5) is 24.5. The molecule has 1 aliphatic carbocycles. The van der Waals surface area contributed by atoms with Gasteiger partial charge in [-0.1, -0.05) is 0 Å². The van der Waals surface area contributed by atoms with Gasteiger partial charge in [-0.15, -0.1) is 0 Å². The van der Waals surface area contributed by atoms with Crippen LogP contribution in [-0.4, -0.2) is 53.2 Å². The minimum Gasteiger partial charge on any atom is -0.480 e. The molecule has 2 aliphatic rings. The number of hydrogen-bond donors (Lipinski definition) is 3. The Morgan fingerprint density at radius 3 is 2.65 bits per heavy atom. The molecule has 0 bridgehead atoms. The van der Waals surface area contributed by atoms with Crippen LogP contribution in [0, 0.1) is 0 Å². The van der Waals surface area contributed by atoms with Crippen molar-refractivity contribution in [1.82, 2.24) is 15.5 Å². The quantitative estimate of drug-likeness (QED) is 0.647. The van der Waals surface area contributed by atoms with Crippen LogP contribution in [0.3, 0.4) is 0 Å². The molecule has 0 spiro atoms. The van der Waals surface area contributed by atoms with Crippen LogP contribution in [0.2, 0.25) is 0 Å². The van der Waals surface area contributed by atoms with E-state index >= 15 is 0 Å². The van der Waals surface area contributed by atoms with Crippen molar-refractivity contribution in [3.63, 3.8) is 0 Å². The highest BCUT2D eigenvalue weighted by molar-refractivity contribution is 5.82. The highest BCUT2D eigenvalue weighted by Crippen LogP contribution is 2.29. The summed E-state index contributed by atoms with van der Waals surface area (Å²) < 4.78 is 0. The van der Waals surface area contributed by atoms with Crippen LogP contribution in [-0.2, 0) is 4.79 Å². The number of carbonyl (C=O) groups is 2. The second kappa shape index (κ2) is 4.91. The minimum atomic E-state index is -1.02. The zero-order valence-corrected chi connectivity index (χ0v) is 9.98. The Morgan fingerprint density at radius 2 is 2.06 bits per heavy atom. The Morgan fingerprint density at radius 1 is 1.35 bits per heavy atom. The predicted molar refractivity (Wildman–Crippen MR) is 61.8 cm³/mol. The average molecular weight is 241 g/mol. The number of carboxylic acids is 1. The first kappa shape index (κ1) is 12.2. The van der Waals surface area contributed by atoms with Crippen molar-refractivity contribution in [3.05, 3.63) is 0 Å². The largest absolute Gasteiger partial charge is 0.480 e. The fourth-order valence-electron chi connectivity index (χ4n) is 2.16. The van der Waals surface area contributed by atoms with E-state index in [1.165, 1.54) is 19.8 Å². The fraction of sp³-hybridized carbons (Fsp3) is 0.818. The standard InChI is InChI=1S/C11H19N3O3/c1-7(10(15)16)12-11(17)13-8-4-5-14(6-8)9-2-3-9/h7-9H,2-6H2,1H3,(H,15,16)(H2,12,13,17). The third-order valence-electron chi connectivity index (χ3n) is 3.34. The number of likely N-dealkylation sites (tertiary alicyclic amines) is 1. The number of amides is 2. The molecule has 17 heavy (non-hydrogen) atoms. The van der Waals surface area contributed by atoms with Gasteiger partial charge in [0.15, 0.2) is 0 Å². The van der Waals surface area contributed by atoms with Gasteiger partial charge in [0, 0.05) is 25.2 Å². The van der Waals surface area contributed by atoms with E-state index in [-0.39, 0.29) is 12.1 Å². The van der Waals surface area contributed by atoms with Gasteiger partial charge in [0.05, 0.1) is 0 Å². The number of nitrogens with zero attached hydrogens (tertiary/aromatic N) is 1. The lowest BCUT2D eigenvalue weighted by Crippen LogP contribution is -2.48. The van der Waals surface area contributed by atoms with E-state index in [2.05, 4.69) is 15.5 Å². The second-order valence-corrected chi connectivity index (χ2v) is 4.89. The molecule has 2 unspecified atom stereocenters. The summed E-state index contributed by atoms with van der Waals surface area (Å²) in [6.45, 7) is 3.37. The summed E-state index contributed by atoms with van der Waals surface area (Å²) >= 11 is 0. The monoisotopic (exact) mass is 241 g/mol. The first-order valence-electron chi connectivity index (χ1n) is 6.10. The molecule has 1 saturated heterocycles. The van der Waals surface area contributed by atoms with Gasteiger partial charge in [-0.2, -0.15) is 0 Å². The van der Waals surface area contributed by atoms with Crippen molar-refractivity contribution in [2.45, 2.75) is 44.3 Å². The highest BCUT2D eigenvalue weighted by atomic mass is 16.4. The van der Waals surface area contributed by atoms with Gasteiger partial charge in [0.1, 0.15) is 6.04 Å². The number of urea groups is 1. The molecule has 3 N–H and O–H groups in total. The van der Waals surface area contributed by atoms with Crippen molar-refractivity contribution in [2.75, 3.05) is 13.1 Å². The molecule has 0 aromatic heterocycles. The Hall–Kier alpha value is -1.30. The molecular weight excluding hydrogens is 222 g/mol. The molecule has 2 rings (SSSR count). The summed E-state index contributed by atoms with van der Waals surface area (Å²) in [5, 5.41) is 13.9. The Bertz CT molecular complexity index is 317. The second-order valence-electron chi connectivity index (χ2n) is 4.89. The van der Waals surface area contributed by atoms with Gasteiger partial charge in [0.2, 0.25) is 0 Å². The van der Waals surface area contributed by atoms with Crippen molar-refractivity contribution < 1.29 is 14.7 Å². The summed E-state index contributed by atoms with van der Waals surface area (Å²) in [6, 6.07) is -0.363. The van der Waals surface area contributed by atoms with Crippen LogP contribution in [0.15, 0.2) is 0 Å². The van der Waals surface area contributed by atoms with Gasteiger partial charge < -0.3 is 15.7 Å².